The summed E-state index contributed by atoms with van der Waals surface area (Å²) in [6.45, 7) is 1.04. The fourth-order valence-corrected chi connectivity index (χ4v) is 4.27. The lowest BCUT2D eigenvalue weighted by Gasteiger charge is -2.28. The van der Waals surface area contributed by atoms with Crippen LogP contribution in [0.5, 0.6) is 0 Å². The van der Waals surface area contributed by atoms with Crippen LogP contribution in [0.4, 0.5) is 11.6 Å². The van der Waals surface area contributed by atoms with E-state index in [1.165, 1.54) is 23.8 Å². The van der Waals surface area contributed by atoms with Crippen molar-refractivity contribution >= 4 is 22.7 Å². The van der Waals surface area contributed by atoms with Crippen LogP contribution >= 0.6 is 0 Å². The molecule has 4 heterocycles. The lowest BCUT2D eigenvalue weighted by Crippen LogP contribution is -2.33. The summed E-state index contributed by atoms with van der Waals surface area (Å²) in [7, 11) is 1.78. The molecular formula is C17H19N7O. The van der Waals surface area contributed by atoms with E-state index in [4.69, 9.17) is 10.7 Å². The standard InChI is InChI=1S/C17H19N7O/c1-22-14(6-7-19-22)24-16-12(15(18)21-17(24)25)4-5-13(20-16)23-9-10-2-3-11(23)8-10/h4-7,10-11H,2-3,8-9H2,1H3,(H2,18,21,25)/t10-,11?/m0/s1. The number of hydrogen-bond donors (Lipinski definition) is 1. The summed E-state index contributed by atoms with van der Waals surface area (Å²) >= 11 is 0. The van der Waals surface area contributed by atoms with Crippen LogP contribution in [0.1, 0.15) is 19.3 Å². The summed E-state index contributed by atoms with van der Waals surface area (Å²) in [4.78, 5) is 23.7. The van der Waals surface area contributed by atoms with E-state index in [0.29, 0.717) is 22.9 Å². The summed E-state index contributed by atoms with van der Waals surface area (Å²) in [5.74, 6) is 2.50. The first-order chi connectivity index (χ1) is 12.1. The minimum absolute atomic E-state index is 0.209. The van der Waals surface area contributed by atoms with Gasteiger partial charge in [-0.15, -0.1) is 0 Å². The lowest BCUT2D eigenvalue weighted by atomic mass is 10.1. The molecule has 128 valence electrons. The van der Waals surface area contributed by atoms with Crippen molar-refractivity contribution in [1.82, 2.24) is 24.3 Å². The molecule has 0 radical (unpaired) electrons. The molecule has 1 saturated carbocycles. The second kappa shape index (κ2) is 5.05. The highest BCUT2D eigenvalue weighted by Crippen LogP contribution is 2.39. The van der Waals surface area contributed by atoms with Crippen LogP contribution in [0, 0.1) is 5.92 Å². The summed E-state index contributed by atoms with van der Waals surface area (Å²) in [5.41, 5.74) is 6.07. The Morgan fingerprint density at radius 2 is 2.08 bits per heavy atom. The topological polar surface area (TPSA) is 94.9 Å². The Labute approximate surface area is 143 Å². The van der Waals surface area contributed by atoms with Gasteiger partial charge in [-0.3, -0.25) is 4.68 Å². The molecule has 3 aromatic rings. The Balaban J connectivity index is 1.74. The summed E-state index contributed by atoms with van der Waals surface area (Å²) in [6.07, 6.45) is 5.42. The predicted octanol–water partition coefficient (Wildman–Crippen LogP) is 1.09. The number of fused-ring (bicyclic) bond motifs is 3. The zero-order chi connectivity index (χ0) is 17.1. The average Bonchev–Trinajstić information content (AvgIpc) is 3.32. The van der Waals surface area contributed by atoms with Gasteiger partial charge in [0, 0.05) is 25.7 Å². The van der Waals surface area contributed by atoms with Gasteiger partial charge in [0.25, 0.3) is 0 Å². The van der Waals surface area contributed by atoms with E-state index in [-0.39, 0.29) is 5.82 Å². The molecule has 0 aromatic carbocycles. The molecule has 1 unspecified atom stereocenters. The van der Waals surface area contributed by atoms with Crippen LogP contribution in [0.2, 0.25) is 0 Å². The maximum atomic E-state index is 12.5. The molecule has 8 heteroatoms. The maximum Gasteiger partial charge on any atom is 0.357 e. The first kappa shape index (κ1) is 14.4. The third-order valence-electron chi connectivity index (χ3n) is 5.48. The average molecular weight is 337 g/mol. The second-order valence-corrected chi connectivity index (χ2v) is 6.95. The predicted molar refractivity (Wildman–Crippen MR) is 94.8 cm³/mol. The third kappa shape index (κ3) is 2.06. The van der Waals surface area contributed by atoms with Crippen molar-refractivity contribution in [2.75, 3.05) is 17.2 Å². The molecule has 25 heavy (non-hydrogen) atoms. The minimum Gasteiger partial charge on any atom is -0.383 e. The third-order valence-corrected chi connectivity index (χ3v) is 5.48. The van der Waals surface area contributed by atoms with Gasteiger partial charge in [-0.25, -0.2) is 14.3 Å². The highest BCUT2D eigenvalue weighted by Gasteiger charge is 2.38. The number of pyridine rings is 1. The van der Waals surface area contributed by atoms with Crippen molar-refractivity contribution in [3.8, 4) is 5.82 Å². The van der Waals surface area contributed by atoms with Crippen molar-refractivity contribution in [2.45, 2.75) is 25.3 Å². The number of nitrogens with two attached hydrogens (primary N) is 1. The molecule has 0 spiro atoms. The van der Waals surface area contributed by atoms with E-state index in [1.807, 2.05) is 12.1 Å². The van der Waals surface area contributed by atoms with Crippen LogP contribution < -0.4 is 16.3 Å². The largest absolute Gasteiger partial charge is 0.383 e. The molecule has 2 N–H and O–H groups in total. The zero-order valence-electron chi connectivity index (χ0n) is 14.0. The Bertz CT molecular complexity index is 1040. The molecule has 1 aliphatic heterocycles. The number of aryl methyl sites for hydroxylation is 1. The van der Waals surface area contributed by atoms with E-state index >= 15 is 0 Å². The fourth-order valence-electron chi connectivity index (χ4n) is 4.27. The summed E-state index contributed by atoms with van der Waals surface area (Å²) in [6, 6.07) is 6.23. The Morgan fingerprint density at radius 1 is 1.20 bits per heavy atom. The monoisotopic (exact) mass is 337 g/mol. The maximum absolute atomic E-state index is 12.5. The molecule has 3 aromatic heterocycles. The van der Waals surface area contributed by atoms with E-state index in [2.05, 4.69) is 15.0 Å². The second-order valence-electron chi connectivity index (χ2n) is 6.95. The van der Waals surface area contributed by atoms with Crippen molar-refractivity contribution in [2.24, 2.45) is 13.0 Å². The van der Waals surface area contributed by atoms with Crippen LogP contribution in [0.15, 0.2) is 29.2 Å². The molecule has 0 amide bonds. The fraction of sp³-hybridized carbons (Fsp3) is 0.412. The Morgan fingerprint density at radius 3 is 2.76 bits per heavy atom. The highest BCUT2D eigenvalue weighted by molar-refractivity contribution is 5.87. The molecule has 5 rings (SSSR count). The number of nitrogens with zero attached hydrogens (tertiary/aromatic N) is 6. The number of aromatic nitrogens is 5. The van der Waals surface area contributed by atoms with E-state index in [9.17, 15) is 4.79 Å². The highest BCUT2D eigenvalue weighted by atomic mass is 16.1. The van der Waals surface area contributed by atoms with Gasteiger partial charge < -0.3 is 10.6 Å². The van der Waals surface area contributed by atoms with Crippen molar-refractivity contribution in [3.63, 3.8) is 0 Å². The van der Waals surface area contributed by atoms with Gasteiger partial charge in [-0.05, 0) is 37.3 Å². The van der Waals surface area contributed by atoms with E-state index in [0.717, 1.165) is 18.3 Å². The first-order valence-corrected chi connectivity index (χ1v) is 8.56. The number of piperidine rings is 1. The minimum atomic E-state index is -0.443. The zero-order valence-corrected chi connectivity index (χ0v) is 14.0. The lowest BCUT2D eigenvalue weighted by molar-refractivity contribution is 0.550. The van der Waals surface area contributed by atoms with Gasteiger partial charge in [-0.1, -0.05) is 0 Å². The Kier molecular flexibility index (Phi) is 2.92. The summed E-state index contributed by atoms with van der Waals surface area (Å²) < 4.78 is 3.11. The van der Waals surface area contributed by atoms with Crippen LogP contribution in [0.3, 0.4) is 0 Å². The van der Waals surface area contributed by atoms with E-state index < -0.39 is 5.69 Å². The van der Waals surface area contributed by atoms with Crippen LogP contribution in [-0.4, -0.2) is 36.9 Å². The molecule has 1 aliphatic carbocycles. The van der Waals surface area contributed by atoms with Crippen molar-refractivity contribution in [3.05, 3.63) is 34.9 Å². The van der Waals surface area contributed by atoms with Crippen molar-refractivity contribution in [1.29, 1.82) is 0 Å². The molecule has 2 atom stereocenters. The van der Waals surface area contributed by atoms with Gasteiger partial charge in [0.15, 0.2) is 5.65 Å². The molecule has 2 fully saturated rings. The van der Waals surface area contributed by atoms with Gasteiger partial charge in [0.1, 0.15) is 17.5 Å². The van der Waals surface area contributed by atoms with Gasteiger partial charge in [-0.2, -0.15) is 10.1 Å². The van der Waals surface area contributed by atoms with Gasteiger partial charge >= 0.3 is 5.69 Å². The van der Waals surface area contributed by atoms with Crippen molar-refractivity contribution < 1.29 is 0 Å². The van der Waals surface area contributed by atoms with E-state index in [1.54, 1.807) is 24.0 Å². The molecular weight excluding hydrogens is 318 g/mol. The molecule has 8 nitrogen and oxygen atoms in total. The normalized spacial score (nSPS) is 22.2. The van der Waals surface area contributed by atoms with Gasteiger partial charge in [0.2, 0.25) is 0 Å². The van der Waals surface area contributed by atoms with Crippen LogP contribution in [-0.2, 0) is 7.05 Å². The molecule has 1 saturated heterocycles. The van der Waals surface area contributed by atoms with Crippen LogP contribution in [0.25, 0.3) is 16.9 Å². The number of nitrogen functional groups attached to an aromatic ring is 1. The Hall–Kier alpha value is -2.90. The quantitative estimate of drug-likeness (QED) is 0.752. The SMILES string of the molecule is Cn1nccc1-n1c(=O)nc(N)c2ccc(N3C[C@H]4CCC3C4)nc21. The number of hydrogen-bond acceptors (Lipinski definition) is 6. The molecule has 2 bridgehead atoms. The smallest absolute Gasteiger partial charge is 0.357 e. The molecule has 2 aliphatic rings. The first-order valence-electron chi connectivity index (χ1n) is 8.56. The number of rotatable bonds is 2. The summed E-state index contributed by atoms with van der Waals surface area (Å²) in [5, 5.41) is 4.83. The number of anilines is 2. The van der Waals surface area contributed by atoms with Gasteiger partial charge in [0.05, 0.1) is 11.6 Å².